The zero-order valence-corrected chi connectivity index (χ0v) is 11.1. The Labute approximate surface area is 112 Å². The van der Waals surface area contributed by atoms with E-state index in [1.165, 1.54) is 0 Å². The molecule has 0 bridgehead atoms. The van der Waals surface area contributed by atoms with Gasteiger partial charge in [-0.15, -0.1) is 0 Å². The fraction of sp³-hybridized carbons (Fsp3) is 0.133. The van der Waals surface area contributed by atoms with E-state index in [2.05, 4.69) is 0 Å². The second-order valence-corrected chi connectivity index (χ2v) is 4.69. The number of ketones is 1. The Kier molecular flexibility index (Phi) is 3.68. The molecule has 0 aliphatic rings. The van der Waals surface area contributed by atoms with E-state index in [-0.39, 0.29) is 5.78 Å². The normalized spacial score (nSPS) is 10.2. The molecule has 0 aliphatic carbocycles. The largest absolute Gasteiger partial charge is 0.377 e. The summed E-state index contributed by atoms with van der Waals surface area (Å²) in [4.78, 5) is 14.3. The molecule has 0 atom stereocenters. The van der Waals surface area contributed by atoms with Crippen molar-refractivity contribution in [1.29, 1.82) is 0 Å². The third-order valence-corrected chi connectivity index (χ3v) is 2.96. The Morgan fingerprint density at radius 3 is 2.33 bits per heavy atom. The molecule has 0 amide bonds. The predicted molar refractivity (Wildman–Crippen MR) is 75.7 cm³/mol. The van der Waals surface area contributed by atoms with Gasteiger partial charge in [-0.3, -0.25) is 4.79 Å². The summed E-state index contributed by atoms with van der Waals surface area (Å²) in [6.45, 7) is 0. The number of carbonyl (C=O) groups is 1. The predicted octanol–water partition coefficient (Wildman–Crippen LogP) is 3.64. The average molecular weight is 260 g/mol. The highest BCUT2D eigenvalue weighted by atomic mass is 35.5. The number of nitrogens with zero attached hydrogens (tertiary/aromatic N) is 1. The summed E-state index contributed by atoms with van der Waals surface area (Å²) >= 11 is 5.98. The van der Waals surface area contributed by atoms with E-state index in [1.54, 1.807) is 12.1 Å². The summed E-state index contributed by atoms with van der Waals surface area (Å²) in [5.74, 6) is -0.0122. The third kappa shape index (κ3) is 2.54. The van der Waals surface area contributed by atoms with Gasteiger partial charge in [-0.2, -0.15) is 0 Å². The molecule has 18 heavy (non-hydrogen) atoms. The zero-order chi connectivity index (χ0) is 13.1. The minimum atomic E-state index is -0.0122. The molecule has 2 nitrogen and oxygen atoms in total. The standard InChI is InChI=1S/C15H14ClNO/c1-17(2)14-9-8-12(16)10-13(14)15(18)11-6-4-3-5-7-11/h3-10H,1-2H3. The van der Waals surface area contributed by atoms with Gasteiger partial charge in [-0.25, -0.2) is 0 Å². The molecule has 0 fully saturated rings. The van der Waals surface area contributed by atoms with Gasteiger partial charge in [-0.05, 0) is 18.2 Å². The van der Waals surface area contributed by atoms with Gasteiger partial charge in [0.05, 0.1) is 0 Å². The first-order valence-corrected chi connectivity index (χ1v) is 6.04. The topological polar surface area (TPSA) is 20.3 Å². The van der Waals surface area contributed by atoms with Gasteiger partial charge in [0.25, 0.3) is 0 Å². The highest BCUT2D eigenvalue weighted by Gasteiger charge is 2.15. The highest BCUT2D eigenvalue weighted by molar-refractivity contribution is 6.31. The van der Waals surface area contributed by atoms with Crippen molar-refractivity contribution in [3.8, 4) is 0 Å². The minimum Gasteiger partial charge on any atom is -0.377 e. The molecule has 0 unspecified atom stereocenters. The van der Waals surface area contributed by atoms with Crippen LogP contribution in [-0.2, 0) is 0 Å². The van der Waals surface area contributed by atoms with E-state index < -0.39 is 0 Å². The van der Waals surface area contributed by atoms with Crippen molar-refractivity contribution >= 4 is 23.1 Å². The van der Waals surface area contributed by atoms with Crippen LogP contribution in [0.1, 0.15) is 15.9 Å². The van der Waals surface area contributed by atoms with Crippen molar-refractivity contribution in [2.75, 3.05) is 19.0 Å². The lowest BCUT2D eigenvalue weighted by molar-refractivity contribution is 0.103. The lowest BCUT2D eigenvalue weighted by Crippen LogP contribution is -2.14. The first kappa shape index (κ1) is 12.7. The maximum absolute atomic E-state index is 12.4. The lowest BCUT2D eigenvalue weighted by Gasteiger charge is -2.17. The lowest BCUT2D eigenvalue weighted by atomic mass is 10.0. The SMILES string of the molecule is CN(C)c1ccc(Cl)cc1C(=O)c1ccccc1. The maximum atomic E-state index is 12.4. The molecule has 2 rings (SSSR count). The summed E-state index contributed by atoms with van der Waals surface area (Å²) in [5.41, 5.74) is 2.16. The van der Waals surface area contributed by atoms with Gasteiger partial charge in [0.2, 0.25) is 0 Å². The van der Waals surface area contributed by atoms with Crippen LogP contribution < -0.4 is 4.90 Å². The molecule has 0 radical (unpaired) electrons. The van der Waals surface area contributed by atoms with Crippen LogP contribution in [0.3, 0.4) is 0 Å². The van der Waals surface area contributed by atoms with Gasteiger partial charge in [0.15, 0.2) is 5.78 Å². The number of anilines is 1. The van der Waals surface area contributed by atoms with Crippen molar-refractivity contribution in [2.45, 2.75) is 0 Å². The molecular formula is C15H14ClNO. The van der Waals surface area contributed by atoms with Crippen LogP contribution in [0.4, 0.5) is 5.69 Å². The van der Waals surface area contributed by atoms with Crippen molar-refractivity contribution in [3.05, 3.63) is 64.7 Å². The average Bonchev–Trinajstić information content (AvgIpc) is 2.38. The van der Waals surface area contributed by atoms with Gasteiger partial charge >= 0.3 is 0 Å². The maximum Gasteiger partial charge on any atom is 0.195 e. The van der Waals surface area contributed by atoms with Gasteiger partial charge in [0.1, 0.15) is 0 Å². The van der Waals surface area contributed by atoms with Crippen LogP contribution in [0.2, 0.25) is 5.02 Å². The Morgan fingerprint density at radius 1 is 1.06 bits per heavy atom. The van der Waals surface area contributed by atoms with Gasteiger partial charge in [-0.1, -0.05) is 41.9 Å². The number of carbonyl (C=O) groups excluding carboxylic acids is 1. The molecule has 2 aromatic carbocycles. The van der Waals surface area contributed by atoms with Crippen molar-refractivity contribution in [1.82, 2.24) is 0 Å². The van der Waals surface area contributed by atoms with E-state index in [0.717, 1.165) is 5.69 Å². The summed E-state index contributed by atoms with van der Waals surface area (Å²) in [5, 5.41) is 0.569. The molecule has 0 spiro atoms. The molecule has 2 aromatic rings. The summed E-state index contributed by atoms with van der Waals surface area (Å²) in [7, 11) is 3.82. The van der Waals surface area contributed by atoms with Crippen molar-refractivity contribution in [2.24, 2.45) is 0 Å². The molecule has 0 aromatic heterocycles. The number of benzene rings is 2. The molecule has 0 N–H and O–H groups in total. The van der Waals surface area contributed by atoms with E-state index in [9.17, 15) is 4.79 Å². The summed E-state index contributed by atoms with van der Waals surface area (Å²) in [6.07, 6.45) is 0. The monoisotopic (exact) mass is 259 g/mol. The molecule has 3 heteroatoms. The van der Waals surface area contributed by atoms with Crippen LogP contribution in [0, 0.1) is 0 Å². The Hall–Kier alpha value is -1.80. The molecule has 0 aliphatic heterocycles. The Morgan fingerprint density at radius 2 is 1.72 bits per heavy atom. The van der Waals surface area contributed by atoms with Crippen LogP contribution in [0.5, 0.6) is 0 Å². The number of halogens is 1. The molecular weight excluding hydrogens is 246 g/mol. The van der Waals surface area contributed by atoms with Crippen molar-refractivity contribution < 1.29 is 4.79 Å². The smallest absolute Gasteiger partial charge is 0.195 e. The van der Waals surface area contributed by atoms with Crippen LogP contribution >= 0.6 is 11.6 Å². The van der Waals surface area contributed by atoms with E-state index in [4.69, 9.17) is 11.6 Å². The second-order valence-electron chi connectivity index (χ2n) is 4.25. The fourth-order valence-electron chi connectivity index (χ4n) is 1.83. The number of hydrogen-bond donors (Lipinski definition) is 0. The molecule has 0 saturated carbocycles. The highest BCUT2D eigenvalue weighted by Crippen LogP contribution is 2.25. The second kappa shape index (κ2) is 5.23. The van der Waals surface area contributed by atoms with Crippen molar-refractivity contribution in [3.63, 3.8) is 0 Å². The molecule has 0 saturated heterocycles. The summed E-state index contributed by atoms with van der Waals surface area (Å²) in [6, 6.07) is 14.6. The number of hydrogen-bond acceptors (Lipinski definition) is 2. The Bertz CT molecular complexity index is 564. The first-order chi connectivity index (χ1) is 8.59. The van der Waals surface area contributed by atoms with Crippen LogP contribution in [0.25, 0.3) is 0 Å². The molecule has 92 valence electrons. The van der Waals surface area contributed by atoms with Gasteiger partial charge < -0.3 is 4.90 Å². The summed E-state index contributed by atoms with van der Waals surface area (Å²) < 4.78 is 0. The third-order valence-electron chi connectivity index (χ3n) is 2.72. The van der Waals surface area contributed by atoms with Crippen LogP contribution in [0.15, 0.2) is 48.5 Å². The minimum absolute atomic E-state index is 0.0122. The van der Waals surface area contributed by atoms with Gasteiger partial charge in [0, 0.05) is 35.9 Å². The van der Waals surface area contributed by atoms with E-state index in [1.807, 2.05) is 55.4 Å². The molecule has 0 heterocycles. The van der Waals surface area contributed by atoms with E-state index >= 15 is 0 Å². The fourth-order valence-corrected chi connectivity index (χ4v) is 2.00. The zero-order valence-electron chi connectivity index (χ0n) is 10.4. The number of rotatable bonds is 3. The quantitative estimate of drug-likeness (QED) is 0.785. The van der Waals surface area contributed by atoms with E-state index in [0.29, 0.717) is 16.1 Å². The Balaban J connectivity index is 2.50. The first-order valence-electron chi connectivity index (χ1n) is 5.66. The van der Waals surface area contributed by atoms with Crippen LogP contribution in [-0.4, -0.2) is 19.9 Å².